The molecule has 0 radical (unpaired) electrons. The molecule has 1 rings (SSSR count). The number of unbranched alkanes of at least 4 members (excludes halogenated alkanes) is 1. The Morgan fingerprint density at radius 3 is 3.07 bits per heavy atom. The molecular weight excluding hydrogens is 188 g/mol. The number of nitrogens with zero attached hydrogens (tertiary/aromatic N) is 4. The van der Waals surface area contributed by atoms with Crippen molar-refractivity contribution in [1.29, 1.82) is 0 Å². The van der Waals surface area contributed by atoms with Crippen LogP contribution < -0.4 is 0 Å². The van der Waals surface area contributed by atoms with Gasteiger partial charge in [-0.1, -0.05) is 18.0 Å². The van der Waals surface area contributed by atoms with E-state index < -0.39 is 0 Å². The van der Waals surface area contributed by atoms with E-state index in [1.807, 2.05) is 0 Å². The number of likely N-dealkylation sites (tertiary alicyclic amines) is 1. The van der Waals surface area contributed by atoms with Gasteiger partial charge in [-0.15, -0.1) is 5.92 Å². The molecule has 0 spiro atoms. The highest BCUT2D eigenvalue weighted by Gasteiger charge is 2.23. The van der Waals surface area contributed by atoms with Crippen LogP contribution in [0.15, 0.2) is 5.11 Å². The smallest absolute Gasteiger partial charge is 0.0716 e. The minimum absolute atomic E-state index is 0.132. The van der Waals surface area contributed by atoms with Gasteiger partial charge in [0.2, 0.25) is 0 Å². The molecule has 82 valence electrons. The summed E-state index contributed by atoms with van der Waals surface area (Å²) in [4.78, 5) is 5.12. The third-order valence-corrected chi connectivity index (χ3v) is 2.70. The largest absolute Gasteiger partial charge is 0.293 e. The molecule has 0 aromatic carbocycles. The molecular formula is C11H18N4. The molecule has 0 aliphatic carbocycles. The first kappa shape index (κ1) is 11.9. The Morgan fingerprint density at radius 2 is 2.40 bits per heavy atom. The molecule has 0 amide bonds. The van der Waals surface area contributed by atoms with Gasteiger partial charge in [-0.25, -0.2) is 0 Å². The van der Waals surface area contributed by atoms with Gasteiger partial charge in [-0.05, 0) is 38.4 Å². The van der Waals surface area contributed by atoms with Crippen molar-refractivity contribution in [2.24, 2.45) is 5.11 Å². The zero-order valence-electron chi connectivity index (χ0n) is 9.48. The van der Waals surface area contributed by atoms with Crippen molar-refractivity contribution < 1.29 is 0 Å². The summed E-state index contributed by atoms with van der Waals surface area (Å²) in [5.41, 5.74) is 8.39. The third-order valence-electron chi connectivity index (χ3n) is 2.70. The maximum Gasteiger partial charge on any atom is 0.0716 e. The van der Waals surface area contributed by atoms with Gasteiger partial charge in [0.25, 0.3) is 0 Å². The topological polar surface area (TPSA) is 52.0 Å². The van der Waals surface area contributed by atoms with Crippen LogP contribution in [0, 0.1) is 11.8 Å². The first-order valence-corrected chi connectivity index (χ1v) is 5.50. The maximum atomic E-state index is 8.39. The Balaban J connectivity index is 2.54. The molecule has 15 heavy (non-hydrogen) atoms. The molecule has 0 aromatic rings. The van der Waals surface area contributed by atoms with Crippen LogP contribution in [0.3, 0.4) is 0 Å². The van der Waals surface area contributed by atoms with E-state index in [4.69, 9.17) is 5.53 Å². The number of piperidine rings is 1. The number of rotatable bonds is 2. The van der Waals surface area contributed by atoms with Gasteiger partial charge in [0.15, 0.2) is 0 Å². The Labute approximate surface area is 91.3 Å². The molecule has 1 aliphatic rings. The molecule has 4 heteroatoms. The van der Waals surface area contributed by atoms with Crippen molar-refractivity contribution in [3.63, 3.8) is 0 Å². The van der Waals surface area contributed by atoms with Gasteiger partial charge in [0.1, 0.15) is 0 Å². The Bertz CT molecular complexity index is 295. The van der Waals surface area contributed by atoms with E-state index in [0.29, 0.717) is 0 Å². The van der Waals surface area contributed by atoms with E-state index in [1.54, 1.807) is 0 Å². The van der Waals surface area contributed by atoms with Crippen molar-refractivity contribution in [1.82, 2.24) is 4.90 Å². The van der Waals surface area contributed by atoms with E-state index in [0.717, 1.165) is 32.2 Å². The van der Waals surface area contributed by atoms with Crippen LogP contribution in [0.2, 0.25) is 0 Å². The number of azide groups is 1. The average Bonchev–Trinajstić information content (AvgIpc) is 2.23. The van der Waals surface area contributed by atoms with Gasteiger partial charge in [0.05, 0.1) is 6.04 Å². The molecule has 1 aliphatic heterocycles. The summed E-state index contributed by atoms with van der Waals surface area (Å²) in [5, 5.41) is 3.78. The molecule has 4 nitrogen and oxygen atoms in total. The van der Waals surface area contributed by atoms with Crippen molar-refractivity contribution in [2.75, 3.05) is 13.6 Å². The average molecular weight is 206 g/mol. The molecule has 2 unspecified atom stereocenters. The SMILES string of the molecule is CCCC#CC1CC(N=[N+]=[N-])CCN1C. The van der Waals surface area contributed by atoms with Crippen LogP contribution in [0.25, 0.3) is 10.4 Å². The first-order valence-electron chi connectivity index (χ1n) is 5.50. The summed E-state index contributed by atoms with van der Waals surface area (Å²) in [7, 11) is 2.08. The second-order valence-corrected chi connectivity index (χ2v) is 3.95. The highest BCUT2D eigenvalue weighted by Crippen LogP contribution is 2.18. The second kappa shape index (κ2) is 6.34. The van der Waals surface area contributed by atoms with Crippen molar-refractivity contribution in [3.05, 3.63) is 10.4 Å². The summed E-state index contributed by atoms with van der Waals surface area (Å²) >= 11 is 0. The lowest BCUT2D eigenvalue weighted by atomic mass is 9.99. The molecule has 0 N–H and O–H groups in total. The van der Waals surface area contributed by atoms with Gasteiger partial charge in [-0.2, -0.15) is 0 Å². The third kappa shape index (κ3) is 3.83. The monoisotopic (exact) mass is 206 g/mol. The standard InChI is InChI=1S/C11H18N4/c1-3-4-5-6-11-9-10(13-14-12)7-8-15(11)2/h10-11H,3-4,7-9H2,1-2H3. The zero-order chi connectivity index (χ0) is 11.1. The van der Waals surface area contributed by atoms with Crippen molar-refractivity contribution in [3.8, 4) is 11.8 Å². The van der Waals surface area contributed by atoms with Crippen LogP contribution in [0.5, 0.6) is 0 Å². The molecule has 0 aromatic heterocycles. The fourth-order valence-corrected chi connectivity index (χ4v) is 1.73. The summed E-state index contributed by atoms with van der Waals surface area (Å²) in [6.07, 6.45) is 3.88. The summed E-state index contributed by atoms with van der Waals surface area (Å²) in [5.74, 6) is 6.42. The summed E-state index contributed by atoms with van der Waals surface area (Å²) < 4.78 is 0. The molecule has 2 atom stereocenters. The van der Waals surface area contributed by atoms with Gasteiger partial charge in [0, 0.05) is 17.4 Å². The van der Waals surface area contributed by atoms with Crippen LogP contribution in [-0.4, -0.2) is 30.6 Å². The Kier molecular flexibility index (Phi) is 5.03. The van der Waals surface area contributed by atoms with Gasteiger partial charge < -0.3 is 0 Å². The predicted molar refractivity (Wildman–Crippen MR) is 61.3 cm³/mol. The van der Waals surface area contributed by atoms with E-state index in [9.17, 15) is 0 Å². The molecule has 0 bridgehead atoms. The quantitative estimate of drug-likeness (QED) is 0.296. The van der Waals surface area contributed by atoms with Crippen LogP contribution >= 0.6 is 0 Å². The Hall–Kier alpha value is -1.17. The summed E-state index contributed by atoms with van der Waals surface area (Å²) in [6.45, 7) is 3.09. The van der Waals surface area contributed by atoms with E-state index in [1.165, 1.54) is 0 Å². The van der Waals surface area contributed by atoms with E-state index in [2.05, 4.69) is 40.7 Å². The van der Waals surface area contributed by atoms with Crippen LogP contribution in [0.4, 0.5) is 0 Å². The lowest BCUT2D eigenvalue weighted by Gasteiger charge is -2.32. The minimum atomic E-state index is 0.132. The molecule has 0 saturated carbocycles. The van der Waals surface area contributed by atoms with Crippen molar-refractivity contribution >= 4 is 0 Å². The first-order chi connectivity index (χ1) is 7.27. The number of hydrogen-bond donors (Lipinski definition) is 0. The normalized spacial score (nSPS) is 26.3. The lowest BCUT2D eigenvalue weighted by Crippen LogP contribution is -2.40. The highest BCUT2D eigenvalue weighted by atomic mass is 15.2. The fourth-order valence-electron chi connectivity index (χ4n) is 1.73. The number of hydrogen-bond acceptors (Lipinski definition) is 2. The maximum absolute atomic E-state index is 8.39. The van der Waals surface area contributed by atoms with E-state index >= 15 is 0 Å². The lowest BCUT2D eigenvalue weighted by molar-refractivity contribution is 0.211. The highest BCUT2D eigenvalue weighted by molar-refractivity contribution is 5.10. The van der Waals surface area contributed by atoms with Gasteiger partial charge in [-0.3, -0.25) is 4.90 Å². The van der Waals surface area contributed by atoms with Crippen molar-refractivity contribution in [2.45, 2.75) is 44.7 Å². The molecule has 1 saturated heterocycles. The van der Waals surface area contributed by atoms with Crippen LogP contribution in [0.1, 0.15) is 32.6 Å². The molecule has 1 heterocycles. The zero-order valence-corrected chi connectivity index (χ0v) is 9.48. The van der Waals surface area contributed by atoms with E-state index in [-0.39, 0.29) is 12.1 Å². The van der Waals surface area contributed by atoms with Gasteiger partial charge >= 0.3 is 0 Å². The van der Waals surface area contributed by atoms with Crippen LogP contribution in [-0.2, 0) is 0 Å². The summed E-state index contributed by atoms with van der Waals surface area (Å²) in [6, 6.07) is 0.396. The second-order valence-electron chi connectivity index (χ2n) is 3.95. The Morgan fingerprint density at radius 1 is 1.60 bits per heavy atom. The predicted octanol–water partition coefficient (Wildman–Crippen LogP) is 2.56. The fraction of sp³-hybridized carbons (Fsp3) is 0.818. The molecule has 1 fully saturated rings. The minimum Gasteiger partial charge on any atom is -0.293 e.